The maximum Gasteiger partial charge on any atom is 0.125 e. The Labute approximate surface area is 104 Å². The molecule has 0 bridgehead atoms. The predicted molar refractivity (Wildman–Crippen MR) is 71.7 cm³/mol. The van der Waals surface area contributed by atoms with E-state index >= 15 is 0 Å². The molecule has 1 aliphatic heterocycles. The largest absolute Gasteiger partial charge is 0.493 e. The summed E-state index contributed by atoms with van der Waals surface area (Å²) in [6, 6.07) is 6.53. The second-order valence-electron chi connectivity index (χ2n) is 5.78. The molecule has 2 heteroatoms. The summed E-state index contributed by atoms with van der Waals surface area (Å²) in [5.41, 5.74) is 2.92. The molecule has 1 aromatic rings. The molecular weight excluding hydrogens is 210 g/mol. The first-order valence-electron chi connectivity index (χ1n) is 6.55. The summed E-state index contributed by atoms with van der Waals surface area (Å²) < 4.78 is 5.81. The molecule has 0 radical (unpaired) electrons. The van der Waals surface area contributed by atoms with E-state index in [1.165, 1.54) is 11.1 Å². The van der Waals surface area contributed by atoms with Gasteiger partial charge in [-0.15, -0.1) is 0 Å². The predicted octanol–water partition coefficient (Wildman–Crippen LogP) is 2.94. The van der Waals surface area contributed by atoms with Crippen LogP contribution in [0.25, 0.3) is 0 Å². The molecule has 0 fully saturated rings. The molecule has 17 heavy (non-hydrogen) atoms. The lowest BCUT2D eigenvalue weighted by Gasteiger charge is -2.23. The zero-order valence-corrected chi connectivity index (χ0v) is 11.2. The van der Waals surface area contributed by atoms with Crippen molar-refractivity contribution in [1.82, 2.24) is 5.32 Å². The van der Waals surface area contributed by atoms with E-state index in [-0.39, 0.29) is 5.54 Å². The van der Waals surface area contributed by atoms with Crippen LogP contribution in [0.5, 0.6) is 5.75 Å². The fraction of sp³-hybridized carbons (Fsp3) is 0.600. The zero-order chi connectivity index (χ0) is 12.3. The number of aryl methyl sites for hydroxylation is 1. The van der Waals surface area contributed by atoms with Crippen molar-refractivity contribution >= 4 is 0 Å². The van der Waals surface area contributed by atoms with Crippen LogP contribution >= 0.6 is 0 Å². The molecule has 0 amide bonds. The van der Waals surface area contributed by atoms with Gasteiger partial charge < -0.3 is 10.1 Å². The minimum absolute atomic E-state index is 0.190. The molecule has 2 nitrogen and oxygen atoms in total. The van der Waals surface area contributed by atoms with Crippen molar-refractivity contribution in [2.24, 2.45) is 0 Å². The van der Waals surface area contributed by atoms with Gasteiger partial charge in [-0.05, 0) is 57.7 Å². The number of benzene rings is 1. The van der Waals surface area contributed by atoms with E-state index in [9.17, 15) is 0 Å². The number of hydrogen-bond donors (Lipinski definition) is 1. The normalized spacial score (nSPS) is 15.2. The van der Waals surface area contributed by atoms with Crippen LogP contribution in [0.3, 0.4) is 0 Å². The standard InChI is InChI=1S/C15H23NO/c1-15(2,3)16-10-9-13-7-4-6-12-8-5-11-17-14(12)13/h4,6-7,16H,5,8-11H2,1-3H3. The molecule has 0 aliphatic carbocycles. The van der Waals surface area contributed by atoms with Gasteiger partial charge in [-0.3, -0.25) is 0 Å². The summed E-state index contributed by atoms with van der Waals surface area (Å²) in [4.78, 5) is 0. The molecule has 0 aromatic heterocycles. The summed E-state index contributed by atoms with van der Waals surface area (Å²) in [5.74, 6) is 1.15. The maximum atomic E-state index is 5.81. The third-order valence-electron chi connectivity index (χ3n) is 3.06. The van der Waals surface area contributed by atoms with Gasteiger partial charge in [0, 0.05) is 5.54 Å². The highest BCUT2D eigenvalue weighted by atomic mass is 16.5. The number of nitrogens with one attached hydrogen (secondary N) is 1. The van der Waals surface area contributed by atoms with Crippen LogP contribution in [0.1, 0.15) is 38.3 Å². The van der Waals surface area contributed by atoms with Crippen molar-refractivity contribution in [3.63, 3.8) is 0 Å². The summed E-state index contributed by atoms with van der Waals surface area (Å²) in [6.45, 7) is 8.47. The van der Waals surface area contributed by atoms with Gasteiger partial charge in [0.25, 0.3) is 0 Å². The Morgan fingerprint density at radius 1 is 1.29 bits per heavy atom. The van der Waals surface area contributed by atoms with Gasteiger partial charge >= 0.3 is 0 Å². The molecule has 0 atom stereocenters. The smallest absolute Gasteiger partial charge is 0.125 e. The minimum Gasteiger partial charge on any atom is -0.493 e. The van der Waals surface area contributed by atoms with Crippen LogP contribution in [0.4, 0.5) is 0 Å². The number of para-hydroxylation sites is 1. The third-order valence-corrected chi connectivity index (χ3v) is 3.06. The molecule has 0 saturated carbocycles. The number of hydrogen-bond acceptors (Lipinski definition) is 2. The van der Waals surface area contributed by atoms with Crippen molar-refractivity contribution in [1.29, 1.82) is 0 Å². The lowest BCUT2D eigenvalue weighted by molar-refractivity contribution is 0.284. The Hall–Kier alpha value is -1.02. The maximum absolute atomic E-state index is 5.81. The van der Waals surface area contributed by atoms with Crippen molar-refractivity contribution < 1.29 is 4.74 Å². The highest BCUT2D eigenvalue weighted by molar-refractivity contribution is 5.42. The van der Waals surface area contributed by atoms with E-state index in [4.69, 9.17) is 4.74 Å². The highest BCUT2D eigenvalue weighted by Gasteiger charge is 2.14. The van der Waals surface area contributed by atoms with E-state index in [2.05, 4.69) is 44.3 Å². The summed E-state index contributed by atoms with van der Waals surface area (Å²) in [6.07, 6.45) is 3.35. The number of fused-ring (bicyclic) bond motifs is 1. The van der Waals surface area contributed by atoms with Crippen LogP contribution in [0.15, 0.2) is 18.2 Å². The Bertz CT molecular complexity index is 379. The first-order chi connectivity index (χ1) is 8.06. The van der Waals surface area contributed by atoms with Gasteiger partial charge in [0.1, 0.15) is 5.75 Å². The van der Waals surface area contributed by atoms with Gasteiger partial charge in [-0.1, -0.05) is 18.2 Å². The Morgan fingerprint density at radius 3 is 2.88 bits per heavy atom. The molecule has 1 heterocycles. The molecule has 1 aromatic carbocycles. The minimum atomic E-state index is 0.190. The molecule has 0 spiro atoms. The molecule has 2 rings (SSSR count). The molecule has 0 saturated heterocycles. The Balaban J connectivity index is 2.01. The van der Waals surface area contributed by atoms with Crippen molar-refractivity contribution in [3.05, 3.63) is 29.3 Å². The fourth-order valence-electron chi connectivity index (χ4n) is 2.23. The quantitative estimate of drug-likeness (QED) is 0.866. The zero-order valence-electron chi connectivity index (χ0n) is 11.2. The molecule has 1 aliphatic rings. The topological polar surface area (TPSA) is 21.3 Å². The van der Waals surface area contributed by atoms with Crippen LogP contribution in [0, 0.1) is 0 Å². The Morgan fingerprint density at radius 2 is 2.12 bits per heavy atom. The van der Waals surface area contributed by atoms with Gasteiger partial charge in [0.05, 0.1) is 6.61 Å². The van der Waals surface area contributed by atoms with Gasteiger partial charge in [-0.25, -0.2) is 0 Å². The van der Waals surface area contributed by atoms with E-state index < -0.39 is 0 Å². The summed E-state index contributed by atoms with van der Waals surface area (Å²) >= 11 is 0. The first kappa shape index (κ1) is 12.4. The van der Waals surface area contributed by atoms with E-state index in [0.29, 0.717) is 0 Å². The SMILES string of the molecule is CC(C)(C)NCCc1cccc2c1OCCC2. The van der Waals surface area contributed by atoms with Crippen molar-refractivity contribution in [2.75, 3.05) is 13.2 Å². The monoisotopic (exact) mass is 233 g/mol. The molecular formula is C15H23NO. The third kappa shape index (κ3) is 3.47. The van der Waals surface area contributed by atoms with Gasteiger partial charge in [0.15, 0.2) is 0 Å². The van der Waals surface area contributed by atoms with E-state index in [1.807, 2.05) is 0 Å². The second kappa shape index (κ2) is 5.09. The Kier molecular flexibility index (Phi) is 3.72. The average Bonchev–Trinajstić information content (AvgIpc) is 2.28. The van der Waals surface area contributed by atoms with Crippen molar-refractivity contribution in [2.45, 2.75) is 45.6 Å². The summed E-state index contributed by atoms with van der Waals surface area (Å²) in [5, 5.41) is 3.52. The molecule has 94 valence electrons. The number of ether oxygens (including phenoxy) is 1. The van der Waals surface area contributed by atoms with Crippen LogP contribution in [-0.2, 0) is 12.8 Å². The lowest BCUT2D eigenvalue weighted by atomic mass is 10.0. The lowest BCUT2D eigenvalue weighted by Crippen LogP contribution is -2.37. The second-order valence-corrected chi connectivity index (χ2v) is 5.78. The van der Waals surface area contributed by atoms with Crippen LogP contribution < -0.4 is 10.1 Å². The van der Waals surface area contributed by atoms with E-state index in [1.54, 1.807) is 0 Å². The molecule has 1 N–H and O–H groups in total. The van der Waals surface area contributed by atoms with Crippen LogP contribution in [-0.4, -0.2) is 18.7 Å². The number of rotatable bonds is 3. The van der Waals surface area contributed by atoms with E-state index in [0.717, 1.165) is 38.2 Å². The van der Waals surface area contributed by atoms with Gasteiger partial charge in [0.2, 0.25) is 0 Å². The first-order valence-corrected chi connectivity index (χ1v) is 6.55. The fourth-order valence-corrected chi connectivity index (χ4v) is 2.23. The molecule has 0 unspecified atom stereocenters. The van der Waals surface area contributed by atoms with Gasteiger partial charge in [-0.2, -0.15) is 0 Å². The van der Waals surface area contributed by atoms with Crippen LogP contribution in [0.2, 0.25) is 0 Å². The highest BCUT2D eigenvalue weighted by Crippen LogP contribution is 2.29. The summed E-state index contributed by atoms with van der Waals surface area (Å²) in [7, 11) is 0. The van der Waals surface area contributed by atoms with Crippen molar-refractivity contribution in [3.8, 4) is 5.75 Å². The average molecular weight is 233 g/mol.